The van der Waals surface area contributed by atoms with Crippen molar-refractivity contribution in [2.75, 3.05) is 0 Å². The fourth-order valence-electron chi connectivity index (χ4n) is 6.29. The molecule has 7 aromatic rings. The number of nitrogens with zero attached hydrogens (tertiary/aromatic N) is 2. The maximum atomic E-state index is 11.8. The summed E-state index contributed by atoms with van der Waals surface area (Å²) in [5.74, 6) is 1.22. The number of fused-ring (bicyclic) bond motifs is 4. The van der Waals surface area contributed by atoms with Crippen LogP contribution in [0.5, 0.6) is 0 Å². The number of rotatable bonds is 5. The quantitative estimate of drug-likeness (QED) is 0.0816. The van der Waals surface area contributed by atoms with E-state index in [9.17, 15) is 9.90 Å². The van der Waals surface area contributed by atoms with Crippen molar-refractivity contribution in [2.24, 2.45) is 7.05 Å². The number of hydrogen-bond acceptors (Lipinski definition) is 4. The van der Waals surface area contributed by atoms with Crippen LogP contribution < -0.4 is 0 Å². The first-order valence-electron chi connectivity index (χ1n) is 15.5. The summed E-state index contributed by atoms with van der Waals surface area (Å²) < 4.78 is 4.90. The van der Waals surface area contributed by atoms with Gasteiger partial charge < -0.3 is 9.67 Å². The minimum absolute atomic E-state index is 0. The van der Waals surface area contributed by atoms with E-state index in [1.54, 1.807) is 36.4 Å². The Morgan fingerprint density at radius 3 is 2.38 bits per heavy atom. The number of carbonyl (C=O) groups is 1. The fourth-order valence-corrected chi connectivity index (χ4v) is 7.51. The first-order valence-corrected chi connectivity index (χ1v) is 16.3. The molecule has 6 heteroatoms. The predicted molar refractivity (Wildman–Crippen MR) is 193 cm³/mol. The second-order valence-corrected chi connectivity index (χ2v) is 12.9. The first kappa shape index (κ1) is 32.3. The summed E-state index contributed by atoms with van der Waals surface area (Å²) in [6.45, 7) is 4.43. The average Bonchev–Trinajstić information content (AvgIpc) is 3.67. The Hall–Kier alpha value is -4.61. The molecule has 2 aromatic heterocycles. The molecule has 2 heterocycles. The number of ketones is 1. The van der Waals surface area contributed by atoms with E-state index >= 15 is 0 Å². The van der Waals surface area contributed by atoms with Crippen LogP contribution in [0.15, 0.2) is 115 Å². The molecule has 47 heavy (non-hydrogen) atoms. The van der Waals surface area contributed by atoms with Gasteiger partial charge in [0.25, 0.3) is 0 Å². The fraction of sp³-hybridized carbons (Fsp3) is 0.122. The maximum Gasteiger partial charge on any atom is 0.189 e. The third kappa shape index (κ3) is 6.13. The van der Waals surface area contributed by atoms with Gasteiger partial charge in [-0.25, -0.2) is 0 Å². The van der Waals surface area contributed by atoms with E-state index in [1.807, 2.05) is 47.9 Å². The minimum Gasteiger partial charge on any atom is -0.507 e. The molecule has 0 fully saturated rings. The van der Waals surface area contributed by atoms with Crippen LogP contribution in [0.4, 0.5) is 0 Å². The molecule has 0 aliphatic heterocycles. The topological polar surface area (TPSA) is 55.1 Å². The van der Waals surface area contributed by atoms with E-state index in [-0.39, 0.29) is 31.6 Å². The number of thiophene rings is 1. The summed E-state index contributed by atoms with van der Waals surface area (Å²) in [5, 5.41) is 15.1. The molecule has 1 aliphatic rings. The first-order chi connectivity index (χ1) is 22.4. The SMILES string of the molecule is CC(C)c1cnc(-c2[c-]ccc3sc4c5c6c(cccc6cc4c23)CC=C5)n1C.O=C(/C=C(\O)c1ccccc1)c1ccccc1.[Ir]. The molecule has 1 aliphatic carbocycles. The van der Waals surface area contributed by atoms with E-state index < -0.39 is 0 Å². The molecule has 0 bridgehead atoms. The van der Waals surface area contributed by atoms with Gasteiger partial charge in [-0.2, -0.15) is 11.3 Å². The molecule has 4 nitrogen and oxygen atoms in total. The molecule has 5 aromatic carbocycles. The van der Waals surface area contributed by atoms with Gasteiger partial charge in [-0.15, -0.1) is 18.2 Å². The van der Waals surface area contributed by atoms with Crippen LogP contribution in [0, 0.1) is 6.07 Å². The largest absolute Gasteiger partial charge is 0.507 e. The van der Waals surface area contributed by atoms with Gasteiger partial charge in [0.15, 0.2) is 5.78 Å². The zero-order chi connectivity index (χ0) is 31.8. The average molecular weight is 810 g/mol. The molecular weight excluding hydrogens is 777 g/mol. The van der Waals surface area contributed by atoms with Crippen molar-refractivity contribution in [3.8, 4) is 11.4 Å². The van der Waals surface area contributed by atoms with Crippen molar-refractivity contribution in [3.63, 3.8) is 0 Å². The summed E-state index contributed by atoms with van der Waals surface area (Å²) in [7, 11) is 2.12. The number of hydrogen-bond donors (Lipinski definition) is 1. The van der Waals surface area contributed by atoms with Gasteiger partial charge in [0.05, 0.1) is 5.82 Å². The second-order valence-electron chi connectivity index (χ2n) is 11.8. The Kier molecular flexibility index (Phi) is 9.38. The maximum absolute atomic E-state index is 11.8. The third-order valence-electron chi connectivity index (χ3n) is 8.54. The van der Waals surface area contributed by atoms with E-state index in [4.69, 9.17) is 4.98 Å². The van der Waals surface area contributed by atoms with Gasteiger partial charge >= 0.3 is 0 Å². The van der Waals surface area contributed by atoms with Crippen LogP contribution in [-0.4, -0.2) is 20.4 Å². The van der Waals surface area contributed by atoms with Crippen molar-refractivity contribution < 1.29 is 30.0 Å². The standard InChI is InChI=1S/C26H21N2S.C15H12O2.Ir/c1-15(2)21-14-27-26(28(21)3)19-11-6-12-22-24(19)20-13-17-9-4-7-16-8-5-10-18(23(16)17)25(20)29-22;16-14(12-7-3-1-4-8-12)11-15(17)13-9-5-2-6-10-13;/h4-7,9-10,12-15H,8H2,1-3H3;1-11,16H;/q-1;;/b;14-11-;. The molecule has 0 amide bonds. The van der Waals surface area contributed by atoms with Crippen LogP contribution in [0.2, 0.25) is 0 Å². The minimum atomic E-state index is -0.202. The summed E-state index contributed by atoms with van der Waals surface area (Å²) in [4.78, 5) is 16.6. The number of benzene rings is 5. The van der Waals surface area contributed by atoms with Crippen molar-refractivity contribution >= 4 is 59.9 Å². The number of aromatic nitrogens is 2. The van der Waals surface area contributed by atoms with Crippen molar-refractivity contribution in [3.05, 3.63) is 149 Å². The number of imidazole rings is 1. The summed E-state index contributed by atoms with van der Waals surface area (Å²) in [6, 6.07) is 34.7. The van der Waals surface area contributed by atoms with Gasteiger partial charge in [0.1, 0.15) is 5.76 Å². The van der Waals surface area contributed by atoms with Crippen molar-refractivity contribution in [2.45, 2.75) is 26.2 Å². The summed E-state index contributed by atoms with van der Waals surface area (Å²) in [5.41, 5.74) is 6.35. The predicted octanol–water partition coefficient (Wildman–Crippen LogP) is 10.6. The Labute approximate surface area is 292 Å². The zero-order valence-electron chi connectivity index (χ0n) is 26.3. The van der Waals surface area contributed by atoms with Gasteiger partial charge in [0.2, 0.25) is 0 Å². The van der Waals surface area contributed by atoms with Gasteiger partial charge in [-0.3, -0.25) is 9.78 Å². The molecule has 0 saturated carbocycles. The van der Waals surface area contributed by atoms with Gasteiger partial charge in [-0.1, -0.05) is 122 Å². The molecule has 0 unspecified atom stereocenters. The van der Waals surface area contributed by atoms with Crippen LogP contribution in [0.1, 0.15) is 52.5 Å². The van der Waals surface area contributed by atoms with Crippen molar-refractivity contribution in [1.82, 2.24) is 9.55 Å². The monoisotopic (exact) mass is 810 g/mol. The normalized spacial score (nSPS) is 12.3. The molecule has 0 saturated heterocycles. The van der Waals surface area contributed by atoms with Gasteiger partial charge in [-0.05, 0) is 44.3 Å². The smallest absolute Gasteiger partial charge is 0.189 e. The Morgan fingerprint density at radius 1 is 0.957 bits per heavy atom. The zero-order valence-corrected chi connectivity index (χ0v) is 29.5. The Balaban J connectivity index is 0.000000185. The van der Waals surface area contributed by atoms with Crippen LogP contribution in [0.3, 0.4) is 0 Å². The molecule has 1 radical (unpaired) electrons. The molecule has 0 spiro atoms. The van der Waals surface area contributed by atoms with Crippen molar-refractivity contribution in [1.29, 1.82) is 0 Å². The number of aliphatic hydroxyl groups is 1. The molecule has 8 rings (SSSR count). The van der Waals surface area contributed by atoms with E-state index in [0.717, 1.165) is 17.8 Å². The summed E-state index contributed by atoms with van der Waals surface area (Å²) in [6.07, 6.45) is 8.88. The third-order valence-corrected chi connectivity index (χ3v) is 9.74. The van der Waals surface area contributed by atoms with E-state index in [1.165, 1.54) is 53.8 Å². The van der Waals surface area contributed by atoms with Gasteiger partial charge in [0, 0.05) is 60.9 Å². The Bertz CT molecular complexity index is 2300. The molecule has 235 valence electrons. The van der Waals surface area contributed by atoms with E-state index in [2.05, 4.69) is 74.0 Å². The molecule has 0 atom stereocenters. The number of carbonyl (C=O) groups excluding carboxylic acids is 1. The second kappa shape index (κ2) is 13.6. The molecule has 1 N–H and O–H groups in total. The number of allylic oxidation sites excluding steroid dienone is 2. The van der Waals surface area contributed by atoms with Crippen LogP contribution >= 0.6 is 11.3 Å². The van der Waals surface area contributed by atoms with Crippen LogP contribution in [-0.2, 0) is 33.6 Å². The number of aliphatic hydroxyl groups excluding tert-OH is 1. The van der Waals surface area contributed by atoms with E-state index in [0.29, 0.717) is 17.0 Å². The van der Waals surface area contributed by atoms with Crippen LogP contribution in [0.25, 0.3) is 54.2 Å². The molecular formula is C41H33IrN2O2S-. The Morgan fingerprint density at radius 2 is 1.68 bits per heavy atom. The summed E-state index contributed by atoms with van der Waals surface area (Å²) >= 11 is 1.89.